The van der Waals surface area contributed by atoms with Gasteiger partial charge < -0.3 is 14.8 Å². The lowest BCUT2D eigenvalue weighted by Crippen LogP contribution is -2.47. The lowest BCUT2D eigenvalue weighted by atomic mass is 10.1. The van der Waals surface area contributed by atoms with Crippen molar-refractivity contribution >= 4 is 17.9 Å². The number of nitrogens with one attached hydrogen (secondary N) is 3. The zero-order valence-corrected chi connectivity index (χ0v) is 18.5. The normalized spacial score (nSPS) is 10.8. The Kier molecular flexibility index (Phi) is 11.3. The van der Waals surface area contributed by atoms with Crippen LogP contribution in [0.2, 0.25) is 0 Å². The maximum absolute atomic E-state index is 11.9. The van der Waals surface area contributed by atoms with Crippen molar-refractivity contribution in [3.8, 4) is 5.75 Å². The Morgan fingerprint density at radius 3 is 2.30 bits per heavy atom. The predicted octanol–water partition coefficient (Wildman–Crippen LogP) is 3.25. The molecule has 0 aliphatic rings. The van der Waals surface area contributed by atoms with E-state index in [1.54, 1.807) is 20.8 Å². The fraction of sp³-hybridized carbons (Fsp3) is 0.591. The molecule has 0 fully saturated rings. The Hall–Kier alpha value is -2.77. The summed E-state index contributed by atoms with van der Waals surface area (Å²) in [7, 11) is 0. The maximum Gasteiger partial charge on any atom is 0.349 e. The van der Waals surface area contributed by atoms with E-state index in [1.807, 2.05) is 31.2 Å². The molecule has 30 heavy (non-hydrogen) atoms. The van der Waals surface area contributed by atoms with Gasteiger partial charge in [-0.1, -0.05) is 25.5 Å². The molecule has 8 nitrogen and oxygen atoms in total. The number of hydrogen-bond acceptors (Lipinski definition) is 5. The van der Waals surface area contributed by atoms with E-state index in [4.69, 9.17) is 9.47 Å². The average Bonchev–Trinajstić information content (AvgIpc) is 2.71. The first-order valence-electron chi connectivity index (χ1n) is 10.6. The summed E-state index contributed by atoms with van der Waals surface area (Å²) < 4.78 is 10.8. The van der Waals surface area contributed by atoms with Crippen LogP contribution in [0.15, 0.2) is 24.3 Å². The van der Waals surface area contributed by atoms with Gasteiger partial charge >= 0.3 is 12.0 Å². The first-order valence-corrected chi connectivity index (χ1v) is 10.6. The number of amides is 3. The highest BCUT2D eigenvalue weighted by molar-refractivity contribution is 5.81. The zero-order valence-electron chi connectivity index (χ0n) is 18.5. The van der Waals surface area contributed by atoms with E-state index in [0.29, 0.717) is 25.3 Å². The predicted molar refractivity (Wildman–Crippen MR) is 115 cm³/mol. The molecule has 3 N–H and O–H groups in total. The van der Waals surface area contributed by atoms with Gasteiger partial charge in [0, 0.05) is 13.0 Å². The van der Waals surface area contributed by atoms with Crippen LogP contribution < -0.4 is 20.9 Å². The number of rotatable bonds is 12. The highest BCUT2D eigenvalue weighted by Crippen LogP contribution is 2.21. The van der Waals surface area contributed by atoms with E-state index in [2.05, 4.69) is 16.2 Å². The second kappa shape index (κ2) is 13.5. The molecule has 0 aliphatic heterocycles. The summed E-state index contributed by atoms with van der Waals surface area (Å²) in [5.74, 6) is 0.0196. The molecular formula is C22H35N3O5. The number of benzene rings is 1. The summed E-state index contributed by atoms with van der Waals surface area (Å²) >= 11 is 0. The number of carbonyl (C=O) groups is 3. The van der Waals surface area contributed by atoms with E-state index < -0.39 is 17.6 Å². The molecule has 1 rings (SSSR count). The molecule has 0 bridgehead atoms. The zero-order chi connectivity index (χ0) is 22.4. The van der Waals surface area contributed by atoms with Crippen molar-refractivity contribution in [3.63, 3.8) is 0 Å². The van der Waals surface area contributed by atoms with E-state index >= 15 is 0 Å². The summed E-state index contributed by atoms with van der Waals surface area (Å²) in [6.45, 7) is 7.96. The number of carbonyl (C=O) groups excluding carboxylic acids is 3. The third kappa shape index (κ3) is 10.1. The van der Waals surface area contributed by atoms with Crippen molar-refractivity contribution in [1.29, 1.82) is 0 Å². The molecular weight excluding hydrogens is 386 g/mol. The molecule has 1 aromatic rings. The number of aryl methyl sites for hydroxylation is 1. The summed E-state index contributed by atoms with van der Waals surface area (Å²) in [6, 6.07) is 7.24. The topological polar surface area (TPSA) is 106 Å². The smallest absolute Gasteiger partial charge is 0.349 e. The molecule has 0 aliphatic carbocycles. The Bertz CT molecular complexity index is 674. The Morgan fingerprint density at radius 1 is 0.967 bits per heavy atom. The van der Waals surface area contributed by atoms with Crippen molar-refractivity contribution < 1.29 is 23.9 Å². The Labute approximate surface area is 179 Å². The molecule has 0 unspecified atom stereocenters. The van der Waals surface area contributed by atoms with Crippen LogP contribution >= 0.6 is 0 Å². The highest BCUT2D eigenvalue weighted by atomic mass is 16.6. The van der Waals surface area contributed by atoms with E-state index in [-0.39, 0.29) is 5.91 Å². The number of urea groups is 1. The average molecular weight is 422 g/mol. The third-order valence-electron chi connectivity index (χ3n) is 4.28. The fourth-order valence-electron chi connectivity index (χ4n) is 2.63. The van der Waals surface area contributed by atoms with Crippen LogP contribution in [0.25, 0.3) is 0 Å². The van der Waals surface area contributed by atoms with Crippen LogP contribution in [0.4, 0.5) is 4.79 Å². The molecule has 0 saturated carbocycles. The number of unbranched alkanes of at least 4 members (excludes halogenated alkanes) is 2. The van der Waals surface area contributed by atoms with Crippen molar-refractivity contribution in [2.24, 2.45) is 0 Å². The van der Waals surface area contributed by atoms with Gasteiger partial charge in [-0.15, -0.1) is 0 Å². The number of esters is 1. The molecule has 1 aromatic carbocycles. The third-order valence-corrected chi connectivity index (χ3v) is 4.28. The van der Waals surface area contributed by atoms with Crippen molar-refractivity contribution in [3.05, 3.63) is 29.8 Å². The number of ether oxygens (including phenoxy) is 2. The van der Waals surface area contributed by atoms with E-state index in [0.717, 1.165) is 37.7 Å². The van der Waals surface area contributed by atoms with Crippen molar-refractivity contribution in [1.82, 2.24) is 16.2 Å². The first kappa shape index (κ1) is 25.3. The standard InChI is InChI=1S/C22H35N3O5/c1-5-16-23-21(28)25-24-19(26)11-9-7-8-10-17-12-14-18(15-13-17)30-22(3,4)20(27)29-6-2/h12-15H,5-11,16H2,1-4H3,(H,24,26)(H2,23,25,28). The number of hydrazine groups is 1. The molecule has 0 aromatic heterocycles. The maximum atomic E-state index is 11.9. The van der Waals surface area contributed by atoms with Crippen molar-refractivity contribution in [2.75, 3.05) is 13.2 Å². The Morgan fingerprint density at radius 2 is 1.67 bits per heavy atom. The molecule has 8 heteroatoms. The van der Waals surface area contributed by atoms with Crippen LogP contribution in [0.3, 0.4) is 0 Å². The SMILES string of the molecule is CCCNC(=O)NNC(=O)CCCCCc1ccc(OC(C)(C)C(=O)OCC)cc1. The van der Waals surface area contributed by atoms with Gasteiger partial charge in [0.2, 0.25) is 5.91 Å². The van der Waals surface area contributed by atoms with E-state index in [9.17, 15) is 14.4 Å². The molecule has 3 amide bonds. The molecule has 0 radical (unpaired) electrons. The second-order valence-corrected chi connectivity index (χ2v) is 7.47. The summed E-state index contributed by atoms with van der Waals surface area (Å²) in [6.07, 6.45) is 4.70. The monoisotopic (exact) mass is 421 g/mol. The van der Waals surface area contributed by atoms with Gasteiger partial charge in [-0.2, -0.15) is 0 Å². The van der Waals surface area contributed by atoms with Crippen LogP contribution in [0, 0.1) is 0 Å². The number of hydrogen-bond donors (Lipinski definition) is 3. The van der Waals surface area contributed by atoms with Crippen molar-refractivity contribution in [2.45, 2.75) is 71.8 Å². The van der Waals surface area contributed by atoms with Gasteiger partial charge in [0.1, 0.15) is 5.75 Å². The molecule has 168 valence electrons. The fourth-order valence-corrected chi connectivity index (χ4v) is 2.63. The molecule has 0 heterocycles. The van der Waals surface area contributed by atoms with Gasteiger partial charge in [0.05, 0.1) is 6.61 Å². The minimum absolute atomic E-state index is 0.202. The largest absolute Gasteiger partial charge is 0.476 e. The van der Waals surface area contributed by atoms with Crippen LogP contribution in [-0.4, -0.2) is 36.7 Å². The summed E-state index contributed by atoms with van der Waals surface area (Å²) in [5, 5.41) is 2.61. The van der Waals surface area contributed by atoms with Crippen LogP contribution in [0.1, 0.15) is 65.4 Å². The minimum atomic E-state index is -1.04. The lowest BCUT2D eigenvalue weighted by Gasteiger charge is -2.24. The quantitative estimate of drug-likeness (QED) is 0.273. The van der Waals surface area contributed by atoms with Crippen LogP contribution in [-0.2, 0) is 20.7 Å². The minimum Gasteiger partial charge on any atom is -0.476 e. The van der Waals surface area contributed by atoms with Gasteiger partial charge in [0.25, 0.3) is 0 Å². The first-order chi connectivity index (χ1) is 14.3. The second-order valence-electron chi connectivity index (χ2n) is 7.47. The molecule has 0 spiro atoms. The van der Waals surface area contributed by atoms with Gasteiger partial charge in [-0.25, -0.2) is 15.0 Å². The highest BCUT2D eigenvalue weighted by Gasteiger charge is 2.31. The van der Waals surface area contributed by atoms with Crippen LogP contribution in [0.5, 0.6) is 5.75 Å². The lowest BCUT2D eigenvalue weighted by molar-refractivity contribution is -0.158. The molecule has 0 atom stereocenters. The van der Waals surface area contributed by atoms with E-state index in [1.165, 1.54) is 0 Å². The summed E-state index contributed by atoms with van der Waals surface area (Å²) in [4.78, 5) is 34.9. The van der Waals surface area contributed by atoms with Gasteiger partial charge in [-0.3, -0.25) is 10.2 Å². The molecule has 0 saturated heterocycles. The van der Waals surface area contributed by atoms with Gasteiger partial charge in [0.15, 0.2) is 5.60 Å². The van der Waals surface area contributed by atoms with Gasteiger partial charge in [-0.05, 0) is 64.2 Å². The summed E-state index contributed by atoms with van der Waals surface area (Å²) in [5.41, 5.74) is 4.85. The Balaban J connectivity index is 2.24.